The molecule has 5 rings (SSSR count). The second kappa shape index (κ2) is 12.3. The van der Waals surface area contributed by atoms with Gasteiger partial charge in [0.2, 0.25) is 5.91 Å². The standard InChI is InChI=1S/C37H45NO4/c1-6-34(39)38(5)17-8-18-42-30-19-24(2)36(25(3)20-30)31-10-7-9-28(26(31)4)13-11-27-12-14-32-29(21-27)23-37(15-16-37)33(32)22-35(40)41/h7,9-10,12,14,19-21,33H,6,8,11,13,15-18,22-23H2,1-5H3,(H,40,41)/p-1. The van der Waals surface area contributed by atoms with E-state index in [1.807, 2.05) is 14.0 Å². The van der Waals surface area contributed by atoms with Crippen LogP contribution in [0.5, 0.6) is 5.75 Å². The molecule has 0 N–H and O–H groups in total. The van der Waals surface area contributed by atoms with Crippen molar-refractivity contribution in [3.05, 3.63) is 87.5 Å². The summed E-state index contributed by atoms with van der Waals surface area (Å²) >= 11 is 0. The topological polar surface area (TPSA) is 69.7 Å². The minimum Gasteiger partial charge on any atom is -0.550 e. The van der Waals surface area contributed by atoms with Gasteiger partial charge in [0.15, 0.2) is 0 Å². The molecule has 0 radical (unpaired) electrons. The van der Waals surface area contributed by atoms with Gasteiger partial charge in [-0.1, -0.05) is 43.3 Å². The summed E-state index contributed by atoms with van der Waals surface area (Å²) in [4.78, 5) is 24.9. The molecule has 2 aliphatic rings. The molecule has 0 saturated heterocycles. The summed E-state index contributed by atoms with van der Waals surface area (Å²) in [5.74, 6) is 0.215. The number of aliphatic carboxylic acids is 1. The number of fused-ring (bicyclic) bond motifs is 1. The van der Waals surface area contributed by atoms with Crippen molar-refractivity contribution in [3.63, 3.8) is 0 Å². The summed E-state index contributed by atoms with van der Waals surface area (Å²) in [5, 5.41) is 11.4. The number of carboxylic acid groups (broad SMARTS) is 1. The first-order valence-corrected chi connectivity index (χ1v) is 15.5. The monoisotopic (exact) mass is 566 g/mol. The van der Waals surface area contributed by atoms with Crippen LogP contribution in [0.2, 0.25) is 0 Å². The molecule has 0 aromatic heterocycles. The predicted octanol–water partition coefficient (Wildman–Crippen LogP) is 6.26. The maximum absolute atomic E-state index is 11.8. The zero-order valence-corrected chi connectivity index (χ0v) is 25.8. The third-order valence-corrected chi connectivity index (χ3v) is 9.67. The molecule has 1 unspecified atom stereocenters. The molecule has 1 spiro atoms. The number of hydrogen-bond donors (Lipinski definition) is 0. The van der Waals surface area contributed by atoms with Gasteiger partial charge in [-0.2, -0.15) is 0 Å². The Labute approximate surface area is 250 Å². The van der Waals surface area contributed by atoms with E-state index in [1.165, 1.54) is 50.1 Å². The van der Waals surface area contributed by atoms with Gasteiger partial charge in [-0.15, -0.1) is 0 Å². The van der Waals surface area contributed by atoms with Gasteiger partial charge in [-0.05, 0) is 139 Å². The second-order valence-corrected chi connectivity index (χ2v) is 12.6. The molecule has 0 heterocycles. The SMILES string of the molecule is CCC(=O)N(C)CCCOc1cc(C)c(-c2cccc(CCc3ccc4c(c3)CC3(CC3)C4CC(=O)[O-])c2C)c(C)c1. The predicted molar refractivity (Wildman–Crippen MR) is 166 cm³/mol. The van der Waals surface area contributed by atoms with Crippen LogP contribution < -0.4 is 9.84 Å². The Hall–Kier alpha value is -3.60. The average Bonchev–Trinajstić information content (AvgIpc) is 3.67. The van der Waals surface area contributed by atoms with Crippen molar-refractivity contribution in [2.75, 3.05) is 20.2 Å². The van der Waals surface area contributed by atoms with Crippen molar-refractivity contribution in [1.82, 2.24) is 4.90 Å². The first-order chi connectivity index (χ1) is 20.1. The summed E-state index contributed by atoms with van der Waals surface area (Å²) in [6, 6.07) is 17.6. The molecule has 3 aromatic carbocycles. The van der Waals surface area contributed by atoms with Crippen LogP contribution in [0.25, 0.3) is 11.1 Å². The molecule has 1 amide bonds. The smallest absolute Gasteiger partial charge is 0.222 e. The van der Waals surface area contributed by atoms with Crippen LogP contribution in [0.4, 0.5) is 0 Å². The molecule has 1 atom stereocenters. The zero-order chi connectivity index (χ0) is 30.0. The number of hydrogen-bond acceptors (Lipinski definition) is 4. The molecule has 0 bridgehead atoms. The van der Waals surface area contributed by atoms with Crippen molar-refractivity contribution in [2.24, 2.45) is 5.41 Å². The van der Waals surface area contributed by atoms with Crippen LogP contribution in [0.3, 0.4) is 0 Å². The summed E-state index contributed by atoms with van der Waals surface area (Å²) < 4.78 is 6.07. The Kier molecular flexibility index (Phi) is 8.77. The molecule has 0 aliphatic heterocycles. The third kappa shape index (κ3) is 6.25. The Morgan fingerprint density at radius 2 is 1.76 bits per heavy atom. The average molecular weight is 567 g/mol. The highest BCUT2D eigenvalue weighted by molar-refractivity contribution is 5.76. The Balaban J connectivity index is 1.25. The number of carbonyl (C=O) groups excluding carboxylic acids is 2. The molecule has 5 heteroatoms. The Morgan fingerprint density at radius 3 is 2.43 bits per heavy atom. The van der Waals surface area contributed by atoms with Gasteiger partial charge in [-0.25, -0.2) is 0 Å². The summed E-state index contributed by atoms with van der Waals surface area (Å²) in [6.07, 6.45) is 6.66. The van der Waals surface area contributed by atoms with Gasteiger partial charge in [0.1, 0.15) is 5.75 Å². The van der Waals surface area contributed by atoms with Crippen LogP contribution >= 0.6 is 0 Å². The van der Waals surface area contributed by atoms with E-state index in [2.05, 4.69) is 69.3 Å². The minimum absolute atomic E-state index is 0.118. The van der Waals surface area contributed by atoms with Gasteiger partial charge >= 0.3 is 0 Å². The fourth-order valence-corrected chi connectivity index (χ4v) is 7.14. The van der Waals surface area contributed by atoms with Gasteiger partial charge < -0.3 is 19.5 Å². The van der Waals surface area contributed by atoms with E-state index in [4.69, 9.17) is 4.74 Å². The number of rotatable bonds is 12. The lowest BCUT2D eigenvalue weighted by Crippen LogP contribution is -2.27. The number of carbonyl (C=O) groups is 2. The van der Waals surface area contributed by atoms with Crippen molar-refractivity contribution in [2.45, 2.75) is 85.0 Å². The van der Waals surface area contributed by atoms with E-state index in [0.29, 0.717) is 19.6 Å². The van der Waals surface area contributed by atoms with Crippen LogP contribution in [0.15, 0.2) is 48.5 Å². The summed E-state index contributed by atoms with van der Waals surface area (Å²) in [5.41, 5.74) is 11.7. The van der Waals surface area contributed by atoms with Crippen molar-refractivity contribution in [1.29, 1.82) is 0 Å². The third-order valence-electron chi connectivity index (χ3n) is 9.67. The largest absolute Gasteiger partial charge is 0.550 e. The number of ether oxygens (including phenoxy) is 1. The van der Waals surface area contributed by atoms with E-state index in [0.717, 1.165) is 44.3 Å². The Bertz CT molecular complexity index is 1460. The van der Waals surface area contributed by atoms with E-state index >= 15 is 0 Å². The molecule has 5 nitrogen and oxygen atoms in total. The van der Waals surface area contributed by atoms with E-state index in [1.54, 1.807) is 4.90 Å². The van der Waals surface area contributed by atoms with E-state index in [9.17, 15) is 14.7 Å². The first kappa shape index (κ1) is 29.9. The molecular weight excluding hydrogens is 522 g/mol. The molecule has 2 aliphatic carbocycles. The molecule has 42 heavy (non-hydrogen) atoms. The van der Waals surface area contributed by atoms with Gasteiger partial charge in [0.25, 0.3) is 0 Å². The highest BCUT2D eigenvalue weighted by Gasteiger charge is 2.53. The maximum atomic E-state index is 11.8. The number of nitrogens with zero attached hydrogens (tertiary/aromatic N) is 1. The lowest BCUT2D eigenvalue weighted by Gasteiger charge is -2.20. The normalized spacial score (nSPS) is 16.4. The van der Waals surface area contributed by atoms with Crippen LogP contribution in [0.1, 0.15) is 83.9 Å². The fraction of sp³-hybridized carbons (Fsp3) is 0.459. The zero-order valence-electron chi connectivity index (χ0n) is 25.8. The van der Waals surface area contributed by atoms with E-state index < -0.39 is 5.97 Å². The Morgan fingerprint density at radius 1 is 1.02 bits per heavy atom. The number of aryl methyl sites for hydroxylation is 4. The van der Waals surface area contributed by atoms with Crippen molar-refractivity contribution < 1.29 is 19.4 Å². The van der Waals surface area contributed by atoms with Gasteiger partial charge in [-0.3, -0.25) is 4.79 Å². The number of amides is 1. The quantitative estimate of drug-likeness (QED) is 0.243. The minimum atomic E-state index is -0.934. The van der Waals surface area contributed by atoms with Crippen molar-refractivity contribution in [3.8, 4) is 16.9 Å². The van der Waals surface area contributed by atoms with Crippen molar-refractivity contribution >= 4 is 11.9 Å². The van der Waals surface area contributed by atoms with Crippen LogP contribution in [-0.4, -0.2) is 37.0 Å². The molecule has 1 fully saturated rings. The number of benzene rings is 3. The lowest BCUT2D eigenvalue weighted by molar-refractivity contribution is -0.306. The number of carboxylic acids is 1. The summed E-state index contributed by atoms with van der Waals surface area (Å²) in [6.45, 7) is 9.70. The van der Waals surface area contributed by atoms with Gasteiger partial charge in [0, 0.05) is 26.0 Å². The highest BCUT2D eigenvalue weighted by Crippen LogP contribution is 2.64. The van der Waals surface area contributed by atoms with Crippen LogP contribution in [-0.2, 0) is 28.9 Å². The molecule has 3 aromatic rings. The van der Waals surface area contributed by atoms with Gasteiger partial charge in [0.05, 0.1) is 6.61 Å². The second-order valence-electron chi connectivity index (χ2n) is 12.6. The van der Waals surface area contributed by atoms with E-state index in [-0.39, 0.29) is 23.7 Å². The lowest BCUT2D eigenvalue weighted by atomic mass is 9.86. The molecule has 222 valence electrons. The summed E-state index contributed by atoms with van der Waals surface area (Å²) in [7, 11) is 1.84. The molecule has 1 saturated carbocycles. The first-order valence-electron chi connectivity index (χ1n) is 15.5. The fourth-order valence-electron chi connectivity index (χ4n) is 7.14. The maximum Gasteiger partial charge on any atom is 0.222 e. The van der Waals surface area contributed by atoms with Crippen LogP contribution in [0, 0.1) is 26.2 Å². The highest BCUT2D eigenvalue weighted by atomic mass is 16.5. The molecular formula is C37H44NO4-.